The van der Waals surface area contributed by atoms with E-state index < -0.39 is 61.4 Å². The van der Waals surface area contributed by atoms with Gasteiger partial charge in [-0.25, -0.2) is 17.6 Å². The van der Waals surface area contributed by atoms with Crippen molar-refractivity contribution in [2.24, 2.45) is 5.92 Å². The van der Waals surface area contributed by atoms with Gasteiger partial charge >= 0.3 is 6.09 Å². The molecule has 0 spiro atoms. The number of alkyl carbamates (subject to hydrolysis) is 1. The van der Waals surface area contributed by atoms with Crippen LogP contribution < -0.4 is 15.5 Å². The van der Waals surface area contributed by atoms with E-state index in [1.54, 1.807) is 45.0 Å². The summed E-state index contributed by atoms with van der Waals surface area (Å²) in [5.41, 5.74) is -0.887. The van der Waals surface area contributed by atoms with Gasteiger partial charge in [-0.2, -0.15) is 0 Å². The molecule has 0 unspecified atom stereocenters. The third kappa shape index (κ3) is 7.99. The normalized spacial score (nSPS) is 19.0. The molecule has 42 heavy (non-hydrogen) atoms. The minimum Gasteiger partial charge on any atom is -0.444 e. The number of fused-ring (bicyclic) bond motifs is 1. The van der Waals surface area contributed by atoms with Crippen LogP contribution in [0.3, 0.4) is 0 Å². The Bertz CT molecular complexity index is 1440. The van der Waals surface area contributed by atoms with Crippen LogP contribution in [0.1, 0.15) is 56.0 Å². The Balaban J connectivity index is 1.68. The number of sulfone groups is 1. The molecule has 0 aromatic heterocycles. The molecule has 2 N–H and O–H groups in total. The maximum absolute atomic E-state index is 15.3. The second kappa shape index (κ2) is 13.0. The predicted molar refractivity (Wildman–Crippen MR) is 155 cm³/mol. The monoisotopic (exact) mass is 623 g/mol. The van der Waals surface area contributed by atoms with Gasteiger partial charge < -0.3 is 25.0 Å². The van der Waals surface area contributed by atoms with Gasteiger partial charge in [-0.05, 0) is 75.8 Å². The van der Waals surface area contributed by atoms with Crippen molar-refractivity contribution in [1.82, 2.24) is 10.6 Å². The molecule has 0 bridgehead atoms. The zero-order valence-electron chi connectivity index (χ0n) is 23.7. The van der Waals surface area contributed by atoms with Crippen molar-refractivity contribution in [3.05, 3.63) is 58.4 Å². The summed E-state index contributed by atoms with van der Waals surface area (Å²) in [5.74, 6) is -2.99. The zero-order chi connectivity index (χ0) is 30.7. The van der Waals surface area contributed by atoms with Gasteiger partial charge in [0.05, 0.1) is 28.4 Å². The first-order valence-corrected chi connectivity index (χ1v) is 15.7. The first kappa shape index (κ1) is 31.7. The summed E-state index contributed by atoms with van der Waals surface area (Å²) in [6.45, 7) is 6.36. The second-order valence-electron chi connectivity index (χ2n) is 11.4. The molecule has 228 valence electrons. The lowest BCUT2D eigenvalue weighted by Crippen LogP contribution is -2.51. The number of hydrogen-bond acceptors (Lipinski definition) is 7. The van der Waals surface area contributed by atoms with Crippen LogP contribution in [0.5, 0.6) is 0 Å². The molecule has 13 heteroatoms. The third-order valence-corrected chi connectivity index (χ3v) is 9.01. The number of nitrogens with zero attached hydrogens (tertiary/aromatic N) is 1. The SMILES string of the molecule is CC(C)(C)OC(=O)N[C@H]1CS(=O)(=O)c2cc(F)c(C(=O)NCCC3CCOCC3)cc2N(Cc2ccc(Cl)cc2)C1=O. The summed E-state index contributed by atoms with van der Waals surface area (Å²) in [4.78, 5) is 40.1. The highest BCUT2D eigenvalue weighted by atomic mass is 35.5. The molecule has 1 atom stereocenters. The van der Waals surface area contributed by atoms with E-state index in [9.17, 15) is 22.8 Å². The molecule has 0 saturated carbocycles. The second-order valence-corrected chi connectivity index (χ2v) is 13.9. The largest absolute Gasteiger partial charge is 0.444 e. The predicted octanol–water partition coefficient (Wildman–Crippen LogP) is 4.24. The Labute approximate surface area is 249 Å². The molecule has 3 amide bonds. The number of carbonyl (C=O) groups excluding carboxylic acids is 3. The van der Waals surface area contributed by atoms with Gasteiger partial charge in [-0.15, -0.1) is 0 Å². The number of carbonyl (C=O) groups is 3. The van der Waals surface area contributed by atoms with E-state index in [1.165, 1.54) is 0 Å². The van der Waals surface area contributed by atoms with Crippen molar-refractivity contribution in [3.8, 4) is 0 Å². The van der Waals surface area contributed by atoms with E-state index in [1.807, 2.05) is 0 Å². The average molecular weight is 624 g/mol. The molecule has 1 fully saturated rings. The number of hydrogen-bond donors (Lipinski definition) is 2. The lowest BCUT2D eigenvalue weighted by Gasteiger charge is -2.27. The molecule has 0 aliphatic carbocycles. The fourth-order valence-electron chi connectivity index (χ4n) is 4.87. The zero-order valence-corrected chi connectivity index (χ0v) is 25.3. The van der Waals surface area contributed by atoms with E-state index in [0.717, 1.165) is 29.9 Å². The Kier molecular flexibility index (Phi) is 9.79. The van der Waals surface area contributed by atoms with Crippen LogP contribution in [0.2, 0.25) is 5.02 Å². The summed E-state index contributed by atoms with van der Waals surface area (Å²) >= 11 is 6.01. The van der Waals surface area contributed by atoms with Crippen molar-refractivity contribution in [2.75, 3.05) is 30.4 Å². The molecule has 10 nitrogen and oxygen atoms in total. The van der Waals surface area contributed by atoms with E-state index in [2.05, 4.69) is 10.6 Å². The van der Waals surface area contributed by atoms with E-state index in [0.29, 0.717) is 42.7 Å². The smallest absolute Gasteiger partial charge is 0.408 e. The molecule has 2 aromatic carbocycles. The molecule has 4 rings (SSSR count). The van der Waals surface area contributed by atoms with Gasteiger partial charge in [0.1, 0.15) is 17.5 Å². The molecule has 2 aliphatic rings. The van der Waals surface area contributed by atoms with Gasteiger partial charge in [-0.3, -0.25) is 9.59 Å². The number of amides is 3. The van der Waals surface area contributed by atoms with E-state index in [4.69, 9.17) is 21.1 Å². The fraction of sp³-hybridized carbons (Fsp3) is 0.483. The topological polar surface area (TPSA) is 131 Å². The number of nitrogens with one attached hydrogen (secondary N) is 2. The quantitative estimate of drug-likeness (QED) is 0.472. The van der Waals surface area contributed by atoms with Gasteiger partial charge in [0, 0.05) is 24.8 Å². The lowest BCUT2D eigenvalue weighted by molar-refractivity contribution is -0.120. The highest BCUT2D eigenvalue weighted by molar-refractivity contribution is 7.91. The Morgan fingerprint density at radius 3 is 2.45 bits per heavy atom. The number of ether oxygens (including phenoxy) is 2. The van der Waals surface area contributed by atoms with Crippen LogP contribution in [-0.4, -0.2) is 63.5 Å². The van der Waals surface area contributed by atoms with Crippen LogP contribution >= 0.6 is 11.6 Å². The average Bonchev–Trinajstić information content (AvgIpc) is 2.97. The van der Waals surface area contributed by atoms with Crippen molar-refractivity contribution in [3.63, 3.8) is 0 Å². The number of anilines is 1. The molecule has 2 aromatic rings. The first-order chi connectivity index (χ1) is 19.7. The fourth-order valence-corrected chi connectivity index (χ4v) is 6.61. The third-order valence-electron chi connectivity index (χ3n) is 6.99. The molecular formula is C29H35ClFN3O7S. The van der Waals surface area contributed by atoms with Crippen molar-refractivity contribution in [2.45, 2.75) is 63.1 Å². The van der Waals surface area contributed by atoms with Gasteiger partial charge in [-0.1, -0.05) is 23.7 Å². The van der Waals surface area contributed by atoms with Crippen molar-refractivity contribution in [1.29, 1.82) is 0 Å². The summed E-state index contributed by atoms with van der Waals surface area (Å²) in [5, 5.41) is 5.52. The minimum absolute atomic E-state index is 0.137. The summed E-state index contributed by atoms with van der Waals surface area (Å²) in [6, 6.07) is 6.82. The molecule has 2 aliphatic heterocycles. The first-order valence-electron chi connectivity index (χ1n) is 13.7. The maximum atomic E-state index is 15.3. The van der Waals surface area contributed by atoms with Crippen LogP contribution in [0, 0.1) is 11.7 Å². The number of benzene rings is 2. The van der Waals surface area contributed by atoms with Crippen molar-refractivity contribution >= 4 is 45.0 Å². The molecule has 1 saturated heterocycles. The Morgan fingerprint density at radius 1 is 1.14 bits per heavy atom. The lowest BCUT2D eigenvalue weighted by atomic mass is 9.96. The Morgan fingerprint density at radius 2 is 1.81 bits per heavy atom. The molecule has 2 heterocycles. The van der Waals surface area contributed by atoms with Crippen LogP contribution in [0.25, 0.3) is 0 Å². The van der Waals surface area contributed by atoms with Crippen molar-refractivity contribution < 1.29 is 36.7 Å². The maximum Gasteiger partial charge on any atom is 0.408 e. The van der Waals surface area contributed by atoms with E-state index >= 15 is 4.39 Å². The Hall–Kier alpha value is -3.22. The number of rotatable bonds is 7. The van der Waals surface area contributed by atoms with Crippen LogP contribution in [-0.2, 0) is 30.7 Å². The summed E-state index contributed by atoms with van der Waals surface area (Å²) in [7, 11) is -4.32. The van der Waals surface area contributed by atoms with Gasteiger partial charge in [0.15, 0.2) is 9.84 Å². The molecule has 0 radical (unpaired) electrons. The molecular weight excluding hydrogens is 589 g/mol. The summed E-state index contributed by atoms with van der Waals surface area (Å²) in [6.07, 6.45) is 1.46. The number of halogens is 2. The highest BCUT2D eigenvalue weighted by Gasteiger charge is 2.40. The van der Waals surface area contributed by atoms with Gasteiger partial charge in [0.25, 0.3) is 11.8 Å². The highest BCUT2D eigenvalue weighted by Crippen LogP contribution is 2.34. The van der Waals surface area contributed by atoms with Gasteiger partial charge in [0.2, 0.25) is 0 Å². The standard InChI is InChI=1S/C29H35ClFN3O7S/c1-29(2,3)41-28(37)33-23-17-42(38,39)25-15-22(31)21(26(35)32-11-8-18-9-12-40-13-10-18)14-24(25)34(27(23)36)16-19-4-6-20(30)7-5-19/h4-7,14-15,18,23H,8-13,16-17H2,1-3H3,(H,32,35)(H,33,37)/t23-/m0/s1. The van der Waals surface area contributed by atoms with Crippen LogP contribution in [0.15, 0.2) is 41.3 Å². The minimum atomic E-state index is -4.32. The summed E-state index contributed by atoms with van der Waals surface area (Å²) < 4.78 is 52.9. The van der Waals surface area contributed by atoms with E-state index in [-0.39, 0.29) is 12.2 Å². The van der Waals surface area contributed by atoms with Crippen LogP contribution in [0.4, 0.5) is 14.9 Å².